The van der Waals surface area contributed by atoms with Gasteiger partial charge in [0.15, 0.2) is 0 Å². The molecule has 1 aromatic carbocycles. The van der Waals surface area contributed by atoms with Crippen LogP contribution in [0.2, 0.25) is 5.02 Å². The maximum atomic E-state index is 12.7. The van der Waals surface area contributed by atoms with E-state index >= 15 is 0 Å². The van der Waals surface area contributed by atoms with Crippen molar-refractivity contribution in [3.05, 3.63) is 45.3 Å². The number of rotatable bonds is 4. The average molecular weight is 387 g/mol. The number of H-pyrrole nitrogens is 2. The number of morpholine rings is 1. The first-order valence-electron chi connectivity index (χ1n) is 7.34. The van der Waals surface area contributed by atoms with Crippen LogP contribution >= 0.6 is 11.6 Å². The van der Waals surface area contributed by atoms with E-state index in [0.717, 1.165) is 6.07 Å². The molecule has 1 aliphatic heterocycles. The minimum Gasteiger partial charge on any atom is -0.379 e. The predicted molar refractivity (Wildman–Crippen MR) is 90.4 cm³/mol. The largest absolute Gasteiger partial charge is 0.379 e. The molecule has 9 nitrogen and oxygen atoms in total. The molecule has 0 atom stereocenters. The summed E-state index contributed by atoms with van der Waals surface area (Å²) < 4.78 is 31.8. The van der Waals surface area contributed by atoms with Crippen molar-refractivity contribution in [1.29, 1.82) is 0 Å². The molecule has 0 unspecified atom stereocenters. The van der Waals surface area contributed by atoms with Crippen LogP contribution < -0.4 is 10.9 Å². The van der Waals surface area contributed by atoms with Gasteiger partial charge in [-0.1, -0.05) is 11.6 Å². The summed E-state index contributed by atoms with van der Waals surface area (Å²) >= 11 is 6.05. The lowest BCUT2D eigenvalue weighted by Crippen LogP contribution is -2.40. The predicted octanol–water partition coefficient (Wildman–Crippen LogP) is 0.630. The summed E-state index contributed by atoms with van der Waals surface area (Å²) in [4.78, 5) is 23.2. The molecule has 1 aliphatic rings. The van der Waals surface area contributed by atoms with E-state index in [4.69, 9.17) is 16.3 Å². The van der Waals surface area contributed by atoms with Gasteiger partial charge in [-0.15, -0.1) is 0 Å². The maximum Gasteiger partial charge on any atom is 0.273 e. The number of sulfonamides is 1. The van der Waals surface area contributed by atoms with Gasteiger partial charge in [-0.3, -0.25) is 19.8 Å². The zero-order valence-corrected chi connectivity index (χ0v) is 14.5. The Morgan fingerprint density at radius 1 is 1.20 bits per heavy atom. The van der Waals surface area contributed by atoms with Crippen molar-refractivity contribution in [1.82, 2.24) is 14.5 Å². The van der Waals surface area contributed by atoms with Crippen LogP contribution in [-0.4, -0.2) is 55.1 Å². The Balaban J connectivity index is 1.87. The van der Waals surface area contributed by atoms with Gasteiger partial charge >= 0.3 is 0 Å². The fourth-order valence-electron chi connectivity index (χ4n) is 2.34. The van der Waals surface area contributed by atoms with Crippen LogP contribution in [0.25, 0.3) is 0 Å². The van der Waals surface area contributed by atoms with Gasteiger partial charge in [0.25, 0.3) is 11.5 Å². The first kappa shape index (κ1) is 17.7. The standard InChI is InChI=1S/C14H15ClN4O5S/c15-10-2-1-9(25(22,23)19-3-5-24-6-4-19)7-11(10)16-14(21)12-8-13(20)18-17-12/h1-2,7-8H,3-6H2,(H,16,21)(H2,17,18,20). The molecule has 1 saturated heterocycles. The van der Waals surface area contributed by atoms with Gasteiger partial charge in [0.05, 0.1) is 28.8 Å². The van der Waals surface area contributed by atoms with Gasteiger partial charge in [0.1, 0.15) is 5.69 Å². The first-order valence-corrected chi connectivity index (χ1v) is 9.16. The quantitative estimate of drug-likeness (QED) is 0.710. The SMILES string of the molecule is O=C(Nc1cc(S(=O)(=O)N2CCOCC2)ccc1Cl)c1cc(=O)[nH][nH]1. The van der Waals surface area contributed by atoms with Gasteiger partial charge in [0.2, 0.25) is 10.0 Å². The topological polar surface area (TPSA) is 124 Å². The molecule has 11 heteroatoms. The van der Waals surface area contributed by atoms with Crippen LogP contribution in [0.5, 0.6) is 0 Å². The summed E-state index contributed by atoms with van der Waals surface area (Å²) in [7, 11) is -3.72. The fourth-order valence-corrected chi connectivity index (χ4v) is 3.94. The Bertz CT molecular complexity index is 946. The first-order chi connectivity index (χ1) is 11.9. The summed E-state index contributed by atoms with van der Waals surface area (Å²) in [5.74, 6) is -0.624. The van der Waals surface area contributed by atoms with E-state index in [2.05, 4.69) is 15.5 Å². The van der Waals surface area contributed by atoms with Gasteiger partial charge in [0, 0.05) is 19.2 Å². The second kappa shape index (κ2) is 7.00. The molecule has 0 aliphatic carbocycles. The van der Waals surface area contributed by atoms with E-state index in [1.54, 1.807) is 0 Å². The second-order valence-corrected chi connectivity index (χ2v) is 7.63. The lowest BCUT2D eigenvalue weighted by Gasteiger charge is -2.26. The molecule has 0 radical (unpaired) electrons. The number of amides is 1. The minimum absolute atomic E-state index is 0.00232. The number of carbonyl (C=O) groups excluding carboxylic acids is 1. The molecule has 1 fully saturated rings. The molecular formula is C14H15ClN4O5S. The number of aromatic amines is 2. The van der Waals surface area contributed by atoms with Crippen LogP contribution in [-0.2, 0) is 14.8 Å². The summed E-state index contributed by atoms with van der Waals surface area (Å²) in [6.07, 6.45) is 0. The number of ether oxygens (including phenoxy) is 1. The zero-order valence-electron chi connectivity index (χ0n) is 12.9. The number of halogens is 1. The number of aromatic nitrogens is 2. The van der Waals surface area contributed by atoms with Crippen molar-refractivity contribution in [2.45, 2.75) is 4.90 Å². The zero-order chi connectivity index (χ0) is 18.0. The van der Waals surface area contributed by atoms with Gasteiger partial charge in [-0.05, 0) is 18.2 Å². The van der Waals surface area contributed by atoms with E-state index in [0.29, 0.717) is 13.2 Å². The second-order valence-electron chi connectivity index (χ2n) is 5.28. The van der Waals surface area contributed by atoms with Gasteiger partial charge in [-0.25, -0.2) is 8.42 Å². The van der Waals surface area contributed by atoms with Crippen LogP contribution in [0.4, 0.5) is 5.69 Å². The summed E-state index contributed by atoms with van der Waals surface area (Å²) in [5.41, 5.74) is -0.328. The number of benzene rings is 1. The summed E-state index contributed by atoms with van der Waals surface area (Å²) in [5, 5.41) is 7.31. The molecule has 2 heterocycles. The molecule has 25 heavy (non-hydrogen) atoms. The molecule has 1 amide bonds. The van der Waals surface area contributed by atoms with Crippen molar-refractivity contribution < 1.29 is 17.9 Å². The lowest BCUT2D eigenvalue weighted by molar-refractivity contribution is 0.0730. The molecule has 1 aromatic heterocycles. The Morgan fingerprint density at radius 3 is 2.56 bits per heavy atom. The van der Waals surface area contributed by atoms with Crippen LogP contribution in [0, 0.1) is 0 Å². The van der Waals surface area contributed by atoms with E-state index in [-0.39, 0.29) is 34.4 Å². The average Bonchev–Trinajstić information content (AvgIpc) is 3.04. The third-order valence-corrected chi connectivity index (χ3v) is 5.86. The molecule has 0 saturated carbocycles. The van der Waals surface area contributed by atoms with E-state index < -0.39 is 21.5 Å². The van der Waals surface area contributed by atoms with Crippen LogP contribution in [0.15, 0.2) is 34.0 Å². The highest BCUT2D eigenvalue weighted by Crippen LogP contribution is 2.27. The number of hydrogen-bond donors (Lipinski definition) is 3. The molecule has 2 aromatic rings. The molecule has 3 rings (SSSR count). The lowest BCUT2D eigenvalue weighted by atomic mass is 10.3. The Hall–Kier alpha value is -2.14. The van der Waals surface area contributed by atoms with Gasteiger partial charge < -0.3 is 10.1 Å². The van der Waals surface area contributed by atoms with E-state index in [1.807, 2.05) is 0 Å². The Labute approximate surface area is 148 Å². The monoisotopic (exact) mass is 386 g/mol. The fraction of sp³-hybridized carbons (Fsp3) is 0.286. The van der Waals surface area contributed by atoms with Crippen molar-refractivity contribution in [2.75, 3.05) is 31.6 Å². The number of carbonyl (C=O) groups is 1. The number of nitrogens with one attached hydrogen (secondary N) is 3. The van der Waals surface area contributed by atoms with Crippen molar-refractivity contribution in [2.24, 2.45) is 0 Å². The third kappa shape index (κ3) is 3.76. The van der Waals surface area contributed by atoms with Crippen LogP contribution in [0.3, 0.4) is 0 Å². The summed E-state index contributed by atoms with van der Waals surface area (Å²) in [6, 6.07) is 5.14. The van der Waals surface area contributed by atoms with Crippen LogP contribution in [0.1, 0.15) is 10.5 Å². The Kier molecular flexibility index (Phi) is 4.95. The van der Waals surface area contributed by atoms with Crippen molar-refractivity contribution in [3.63, 3.8) is 0 Å². The molecule has 0 bridgehead atoms. The highest BCUT2D eigenvalue weighted by atomic mass is 35.5. The van der Waals surface area contributed by atoms with Crippen molar-refractivity contribution >= 4 is 33.2 Å². The smallest absolute Gasteiger partial charge is 0.273 e. The van der Waals surface area contributed by atoms with Gasteiger partial charge in [-0.2, -0.15) is 4.31 Å². The molecule has 0 spiro atoms. The minimum atomic E-state index is -3.72. The Morgan fingerprint density at radius 2 is 1.92 bits per heavy atom. The third-order valence-electron chi connectivity index (χ3n) is 3.63. The molecule has 3 N–H and O–H groups in total. The summed E-state index contributed by atoms with van der Waals surface area (Å²) in [6.45, 7) is 1.18. The molecule has 134 valence electrons. The number of anilines is 1. The normalized spacial score (nSPS) is 15.9. The maximum absolute atomic E-state index is 12.7. The van der Waals surface area contributed by atoms with E-state index in [1.165, 1.54) is 22.5 Å². The number of hydrogen-bond acceptors (Lipinski definition) is 5. The number of nitrogens with zero attached hydrogens (tertiary/aromatic N) is 1. The molecular weight excluding hydrogens is 372 g/mol. The highest BCUT2D eigenvalue weighted by Gasteiger charge is 2.27. The van der Waals surface area contributed by atoms with Crippen molar-refractivity contribution in [3.8, 4) is 0 Å². The van der Waals surface area contributed by atoms with E-state index in [9.17, 15) is 18.0 Å². The highest BCUT2D eigenvalue weighted by molar-refractivity contribution is 7.89.